The number of hydrogen-bond acceptors (Lipinski definition) is 6. The quantitative estimate of drug-likeness (QED) is 0.678. The van der Waals surface area contributed by atoms with Crippen molar-refractivity contribution in [2.45, 2.75) is 32.6 Å². The Morgan fingerprint density at radius 1 is 1.29 bits per heavy atom. The van der Waals surface area contributed by atoms with Crippen LogP contribution >= 0.6 is 0 Å². The molecule has 2 aliphatic carbocycles. The minimum Gasteiger partial charge on any atom is -0.489 e. The number of halogens is 1. The van der Waals surface area contributed by atoms with Gasteiger partial charge in [-0.15, -0.1) is 0 Å². The van der Waals surface area contributed by atoms with Crippen LogP contribution < -0.4 is 10.3 Å². The minimum absolute atomic E-state index is 0.0705. The second-order valence-corrected chi connectivity index (χ2v) is 8.28. The molecule has 7 nitrogen and oxygen atoms in total. The third kappa shape index (κ3) is 3.52. The summed E-state index contributed by atoms with van der Waals surface area (Å²) in [6.45, 7) is 4.04. The second-order valence-electron chi connectivity index (χ2n) is 8.28. The smallest absolute Gasteiger partial charge is 0.260 e. The molecule has 0 saturated heterocycles. The maximum atomic E-state index is 14.1. The van der Waals surface area contributed by atoms with Gasteiger partial charge < -0.3 is 9.72 Å². The van der Waals surface area contributed by atoms with Gasteiger partial charge in [0.2, 0.25) is 0 Å². The number of allylic oxidation sites excluding steroid dienone is 4. The lowest BCUT2D eigenvalue weighted by Crippen LogP contribution is -2.26. The molecule has 3 atom stereocenters. The summed E-state index contributed by atoms with van der Waals surface area (Å²) in [5.41, 5.74) is 0.558. The molecule has 3 aromatic heterocycles. The standard InChI is InChI=1S/C23H22FN5O2/c1-13-19(11-26-14(2)27-13)31-12-23(15-5-3-6-16(24)9-15)10-18(23)21-28-20-17(22(30)29-21)7-4-8-25-20/h3-8,11,15,18H,9-10,12H2,1-2H3,(H,25,28,29,30)/t15?,18-,23+/m0/s1. The van der Waals surface area contributed by atoms with E-state index >= 15 is 0 Å². The molecule has 0 radical (unpaired) electrons. The van der Waals surface area contributed by atoms with E-state index in [2.05, 4.69) is 24.9 Å². The van der Waals surface area contributed by atoms with E-state index in [0.29, 0.717) is 41.5 Å². The molecular weight excluding hydrogens is 397 g/mol. The monoisotopic (exact) mass is 419 g/mol. The molecular formula is C23H22FN5O2. The Labute approximate surface area is 178 Å². The van der Waals surface area contributed by atoms with Crippen LogP contribution in [0.5, 0.6) is 5.75 Å². The van der Waals surface area contributed by atoms with E-state index in [4.69, 9.17) is 4.74 Å². The zero-order valence-corrected chi connectivity index (χ0v) is 17.3. The van der Waals surface area contributed by atoms with Crippen LogP contribution in [0.2, 0.25) is 0 Å². The van der Waals surface area contributed by atoms with Crippen LogP contribution in [0.4, 0.5) is 4.39 Å². The van der Waals surface area contributed by atoms with Crippen LogP contribution in [-0.2, 0) is 0 Å². The highest BCUT2D eigenvalue weighted by Crippen LogP contribution is 2.65. The van der Waals surface area contributed by atoms with Gasteiger partial charge in [0.25, 0.3) is 5.56 Å². The number of ether oxygens (including phenoxy) is 1. The molecule has 1 unspecified atom stereocenters. The van der Waals surface area contributed by atoms with Crippen LogP contribution in [-0.4, -0.2) is 31.5 Å². The van der Waals surface area contributed by atoms with E-state index < -0.39 is 5.41 Å². The van der Waals surface area contributed by atoms with Gasteiger partial charge in [0.15, 0.2) is 11.4 Å². The molecule has 2 aliphatic rings. The molecule has 3 aromatic rings. The first-order chi connectivity index (χ1) is 15.0. The van der Waals surface area contributed by atoms with Crippen molar-refractivity contribution in [2.75, 3.05) is 6.61 Å². The lowest BCUT2D eigenvalue weighted by Gasteiger charge is -2.27. The average Bonchev–Trinajstić information content (AvgIpc) is 3.49. The Morgan fingerprint density at radius 3 is 2.97 bits per heavy atom. The summed E-state index contributed by atoms with van der Waals surface area (Å²) in [4.78, 5) is 32.9. The van der Waals surface area contributed by atoms with Crippen molar-refractivity contribution in [1.29, 1.82) is 0 Å². The van der Waals surface area contributed by atoms with E-state index in [9.17, 15) is 9.18 Å². The fourth-order valence-electron chi connectivity index (χ4n) is 4.48. The summed E-state index contributed by atoms with van der Waals surface area (Å²) in [6.07, 6.45) is 9.56. The molecule has 8 heteroatoms. The fraction of sp³-hybridized carbons (Fsp3) is 0.348. The van der Waals surface area contributed by atoms with E-state index in [-0.39, 0.29) is 23.2 Å². The van der Waals surface area contributed by atoms with Gasteiger partial charge >= 0.3 is 0 Å². The van der Waals surface area contributed by atoms with Crippen LogP contribution in [0.25, 0.3) is 11.0 Å². The molecule has 31 heavy (non-hydrogen) atoms. The number of aryl methyl sites for hydroxylation is 2. The zero-order valence-electron chi connectivity index (χ0n) is 17.3. The number of pyridine rings is 1. The van der Waals surface area contributed by atoms with Gasteiger partial charge in [-0.25, -0.2) is 24.3 Å². The van der Waals surface area contributed by atoms with Crippen LogP contribution in [0.3, 0.4) is 0 Å². The highest BCUT2D eigenvalue weighted by molar-refractivity contribution is 5.72. The van der Waals surface area contributed by atoms with Crippen molar-refractivity contribution >= 4 is 11.0 Å². The highest BCUT2D eigenvalue weighted by Gasteiger charge is 2.61. The summed E-state index contributed by atoms with van der Waals surface area (Å²) < 4.78 is 20.3. The molecule has 0 bridgehead atoms. The van der Waals surface area contributed by atoms with Crippen molar-refractivity contribution in [3.8, 4) is 5.75 Å². The third-order valence-corrected chi connectivity index (χ3v) is 6.27. The predicted molar refractivity (Wildman–Crippen MR) is 113 cm³/mol. The van der Waals surface area contributed by atoms with Crippen molar-refractivity contribution < 1.29 is 9.13 Å². The summed E-state index contributed by atoms with van der Waals surface area (Å²) >= 11 is 0. The van der Waals surface area contributed by atoms with Crippen LogP contribution in [0, 0.1) is 25.2 Å². The SMILES string of the molecule is Cc1ncc(OC[C@@]2(C3C=CC=C(F)C3)C[C@H]2c2nc3ncccc3c(=O)[nH]2)c(C)n1. The van der Waals surface area contributed by atoms with E-state index in [1.54, 1.807) is 30.6 Å². The molecule has 1 saturated carbocycles. The van der Waals surface area contributed by atoms with Crippen LogP contribution in [0.1, 0.15) is 36.1 Å². The predicted octanol–water partition coefficient (Wildman–Crippen LogP) is 3.71. The van der Waals surface area contributed by atoms with Crippen LogP contribution in [0.15, 0.2) is 53.4 Å². The van der Waals surface area contributed by atoms with Crippen molar-refractivity contribution in [1.82, 2.24) is 24.9 Å². The van der Waals surface area contributed by atoms with Crippen molar-refractivity contribution in [3.05, 3.63) is 76.3 Å². The first kappa shape index (κ1) is 19.5. The molecule has 1 fully saturated rings. The number of nitrogens with zero attached hydrogens (tertiary/aromatic N) is 4. The fourth-order valence-corrected chi connectivity index (χ4v) is 4.48. The number of nitrogens with one attached hydrogen (secondary N) is 1. The van der Waals surface area contributed by atoms with Crippen molar-refractivity contribution in [3.63, 3.8) is 0 Å². The molecule has 1 N–H and O–H groups in total. The Kier molecular flexibility index (Phi) is 4.64. The average molecular weight is 419 g/mol. The summed E-state index contributed by atoms with van der Waals surface area (Å²) in [5.74, 6) is 1.55. The summed E-state index contributed by atoms with van der Waals surface area (Å²) in [6, 6.07) is 3.41. The second kappa shape index (κ2) is 7.37. The Bertz CT molecular complexity index is 1280. The maximum absolute atomic E-state index is 14.1. The number of aromatic amines is 1. The third-order valence-electron chi connectivity index (χ3n) is 6.27. The summed E-state index contributed by atoms with van der Waals surface area (Å²) in [7, 11) is 0. The van der Waals surface area contributed by atoms with Gasteiger partial charge in [-0.05, 0) is 44.4 Å². The number of fused-ring (bicyclic) bond motifs is 1. The number of aromatic nitrogens is 5. The highest BCUT2D eigenvalue weighted by atomic mass is 19.1. The van der Waals surface area contributed by atoms with Gasteiger partial charge in [-0.2, -0.15) is 0 Å². The Morgan fingerprint density at radius 2 is 2.16 bits per heavy atom. The molecule has 3 heterocycles. The first-order valence-electron chi connectivity index (χ1n) is 10.3. The molecule has 0 aromatic carbocycles. The minimum atomic E-state index is -0.391. The molecule has 5 rings (SSSR count). The number of rotatable bonds is 5. The summed E-state index contributed by atoms with van der Waals surface area (Å²) in [5, 5.41) is 0.452. The first-order valence-corrected chi connectivity index (χ1v) is 10.3. The lowest BCUT2D eigenvalue weighted by atomic mass is 9.82. The molecule has 0 spiro atoms. The molecule has 0 amide bonds. The van der Waals surface area contributed by atoms with Gasteiger partial charge in [-0.1, -0.05) is 12.2 Å². The Hall–Kier alpha value is -3.42. The maximum Gasteiger partial charge on any atom is 0.260 e. The largest absolute Gasteiger partial charge is 0.489 e. The van der Waals surface area contributed by atoms with Gasteiger partial charge in [-0.3, -0.25) is 4.79 Å². The zero-order chi connectivity index (χ0) is 21.6. The van der Waals surface area contributed by atoms with Crippen molar-refractivity contribution in [2.24, 2.45) is 11.3 Å². The van der Waals surface area contributed by atoms with E-state index in [1.165, 1.54) is 6.08 Å². The number of hydrogen-bond donors (Lipinski definition) is 1. The Balaban J connectivity index is 1.48. The topological polar surface area (TPSA) is 93.6 Å². The lowest BCUT2D eigenvalue weighted by molar-refractivity contribution is 0.181. The van der Waals surface area contributed by atoms with E-state index in [0.717, 1.165) is 12.1 Å². The van der Waals surface area contributed by atoms with E-state index in [1.807, 2.05) is 19.9 Å². The van der Waals surface area contributed by atoms with Gasteiger partial charge in [0.05, 0.1) is 23.9 Å². The van der Waals surface area contributed by atoms with Gasteiger partial charge in [0, 0.05) is 24.0 Å². The number of H-pyrrole nitrogens is 1. The molecule has 0 aliphatic heterocycles. The normalized spacial score (nSPS) is 24.8. The molecule has 158 valence electrons. The van der Waals surface area contributed by atoms with Gasteiger partial charge in [0.1, 0.15) is 17.5 Å².